The summed E-state index contributed by atoms with van der Waals surface area (Å²) in [7, 11) is 0. The van der Waals surface area contributed by atoms with E-state index in [-0.39, 0.29) is 22.8 Å². The lowest BCUT2D eigenvalue weighted by molar-refractivity contribution is -0.0566. The fraction of sp³-hybridized carbons (Fsp3) is 0.700. The number of rotatable bonds is 4. The predicted octanol–water partition coefficient (Wildman–Crippen LogP) is 1.78. The van der Waals surface area contributed by atoms with Gasteiger partial charge in [-0.15, -0.1) is 0 Å². The Bertz CT molecular complexity index is 989. The molecule has 176 valence electrons. The van der Waals surface area contributed by atoms with Gasteiger partial charge in [-0.1, -0.05) is 12.8 Å². The number of aliphatic hydroxyl groups excluding tert-OH is 3. The second kappa shape index (κ2) is 8.71. The number of amides is 1. The zero-order valence-corrected chi connectivity index (χ0v) is 18.9. The molecule has 2 aromatic heterocycles. The second-order valence-electron chi connectivity index (χ2n) is 9.16. The maximum Gasteiger partial charge on any atom is 0.416 e. The van der Waals surface area contributed by atoms with Gasteiger partial charge < -0.3 is 24.8 Å². The maximum atomic E-state index is 13.2. The third-order valence-corrected chi connectivity index (χ3v) is 5.84. The first-order valence-corrected chi connectivity index (χ1v) is 11.0. The van der Waals surface area contributed by atoms with E-state index >= 15 is 0 Å². The van der Waals surface area contributed by atoms with Crippen LogP contribution in [0.4, 0.5) is 10.6 Å². The predicted molar refractivity (Wildman–Crippen MR) is 114 cm³/mol. The Balaban J connectivity index is 1.79. The van der Waals surface area contributed by atoms with Crippen molar-refractivity contribution in [3.05, 3.63) is 11.5 Å². The Morgan fingerprint density at radius 1 is 1.28 bits per heavy atom. The van der Waals surface area contributed by atoms with E-state index in [1.54, 1.807) is 20.8 Å². The van der Waals surface area contributed by atoms with Crippen LogP contribution in [0.5, 0.6) is 0 Å². The van der Waals surface area contributed by atoms with Crippen molar-refractivity contribution in [1.82, 2.24) is 19.7 Å². The molecule has 1 aliphatic heterocycles. The van der Waals surface area contributed by atoms with Gasteiger partial charge in [-0.3, -0.25) is 4.90 Å². The summed E-state index contributed by atoms with van der Waals surface area (Å²) in [6.07, 6.45) is -0.231. The van der Waals surface area contributed by atoms with E-state index in [1.165, 1.54) is 15.8 Å². The molecule has 0 radical (unpaired) electrons. The van der Waals surface area contributed by atoms with E-state index in [0.29, 0.717) is 5.39 Å². The fourth-order valence-electron chi connectivity index (χ4n) is 4.22. The van der Waals surface area contributed by atoms with E-state index < -0.39 is 42.8 Å². The lowest BCUT2D eigenvalue weighted by Gasteiger charge is -2.31. The van der Waals surface area contributed by atoms with Gasteiger partial charge in [-0.25, -0.2) is 9.48 Å². The van der Waals surface area contributed by atoms with Crippen molar-refractivity contribution in [3.8, 4) is 0 Å². The SMILES string of the molecule is CC(C)(C)OC(=O)N(c1nc(Cl)nc2c1cnn2[C@@H]1OC(CO)[C@@H](O)[C@H]1O)C1CCCC1. The summed E-state index contributed by atoms with van der Waals surface area (Å²) < 4.78 is 12.5. The molecule has 4 atom stereocenters. The van der Waals surface area contributed by atoms with Crippen LogP contribution in [0, 0.1) is 0 Å². The van der Waals surface area contributed by atoms with E-state index in [2.05, 4.69) is 15.1 Å². The molecule has 1 saturated heterocycles. The van der Waals surface area contributed by atoms with Crippen molar-refractivity contribution < 1.29 is 29.6 Å². The number of carbonyl (C=O) groups excluding carboxylic acids is 1. The van der Waals surface area contributed by atoms with Gasteiger partial charge in [-0.2, -0.15) is 15.1 Å². The van der Waals surface area contributed by atoms with Crippen LogP contribution < -0.4 is 4.90 Å². The standard InChI is InChI=1S/C20H28ClN5O6/c1-20(2,3)32-19(30)25(10-6-4-5-7-10)15-11-8-22-26(16(11)24-18(21)23-15)17-14(29)13(28)12(9-27)31-17/h8,10,12-14,17,27-29H,4-7,9H2,1-3H3/t12?,13-,14-,17-/m1/s1. The normalized spacial score (nSPS) is 26.7. The van der Waals surface area contributed by atoms with Crippen LogP contribution in [-0.4, -0.2) is 77.7 Å². The van der Waals surface area contributed by atoms with Crippen LogP contribution in [0.1, 0.15) is 52.7 Å². The number of anilines is 1. The van der Waals surface area contributed by atoms with Crippen LogP contribution in [0.15, 0.2) is 6.20 Å². The van der Waals surface area contributed by atoms with Gasteiger partial charge >= 0.3 is 6.09 Å². The Hall–Kier alpha value is -2.05. The number of aliphatic hydroxyl groups is 3. The molecular formula is C20H28ClN5O6. The van der Waals surface area contributed by atoms with Gasteiger partial charge in [0.2, 0.25) is 5.28 Å². The monoisotopic (exact) mass is 469 g/mol. The summed E-state index contributed by atoms with van der Waals surface area (Å²) in [6, 6.07) is -0.115. The van der Waals surface area contributed by atoms with Crippen LogP contribution in [0.25, 0.3) is 11.0 Å². The molecule has 2 aromatic rings. The van der Waals surface area contributed by atoms with Crippen molar-refractivity contribution in [1.29, 1.82) is 0 Å². The van der Waals surface area contributed by atoms with Gasteiger partial charge in [0.05, 0.1) is 18.2 Å². The number of ether oxygens (including phenoxy) is 2. The highest BCUT2D eigenvalue weighted by Gasteiger charge is 2.45. The van der Waals surface area contributed by atoms with Gasteiger partial charge in [0, 0.05) is 6.04 Å². The smallest absolute Gasteiger partial charge is 0.416 e. The fourth-order valence-corrected chi connectivity index (χ4v) is 4.38. The molecule has 32 heavy (non-hydrogen) atoms. The number of halogens is 1. The molecule has 3 N–H and O–H groups in total. The topological polar surface area (TPSA) is 143 Å². The molecule has 2 fully saturated rings. The Labute approximate surface area is 189 Å². The van der Waals surface area contributed by atoms with Crippen LogP contribution in [0.2, 0.25) is 5.28 Å². The molecular weight excluding hydrogens is 442 g/mol. The zero-order valence-electron chi connectivity index (χ0n) is 18.2. The molecule has 0 aromatic carbocycles. The van der Waals surface area contributed by atoms with Crippen LogP contribution in [0.3, 0.4) is 0 Å². The highest BCUT2D eigenvalue weighted by atomic mass is 35.5. The molecule has 11 nitrogen and oxygen atoms in total. The van der Waals surface area contributed by atoms with Crippen LogP contribution in [-0.2, 0) is 9.47 Å². The summed E-state index contributed by atoms with van der Waals surface area (Å²) in [6.45, 7) is 4.91. The molecule has 4 rings (SSSR count). The lowest BCUT2D eigenvalue weighted by Crippen LogP contribution is -2.43. The van der Waals surface area contributed by atoms with Gasteiger partial charge in [0.25, 0.3) is 0 Å². The van der Waals surface area contributed by atoms with E-state index in [4.69, 9.17) is 21.1 Å². The first kappa shape index (κ1) is 23.1. The van der Waals surface area contributed by atoms with E-state index in [0.717, 1.165) is 25.7 Å². The number of hydrogen-bond acceptors (Lipinski definition) is 9. The van der Waals surface area contributed by atoms with Gasteiger partial charge in [-0.05, 0) is 45.2 Å². The summed E-state index contributed by atoms with van der Waals surface area (Å²) in [5.74, 6) is 0.263. The highest BCUT2D eigenvalue weighted by molar-refractivity contribution is 6.28. The number of carbonyl (C=O) groups is 1. The van der Waals surface area contributed by atoms with E-state index in [1.807, 2.05) is 0 Å². The average Bonchev–Trinajstić information content (AvgIpc) is 3.42. The maximum absolute atomic E-state index is 13.2. The summed E-state index contributed by atoms with van der Waals surface area (Å²) in [5, 5.41) is 34.5. The van der Waals surface area contributed by atoms with Crippen molar-refractivity contribution in [2.45, 2.75) is 82.6 Å². The van der Waals surface area contributed by atoms with Crippen molar-refractivity contribution in [3.63, 3.8) is 0 Å². The van der Waals surface area contributed by atoms with E-state index in [9.17, 15) is 20.1 Å². The van der Waals surface area contributed by atoms with Gasteiger partial charge in [0.15, 0.2) is 17.7 Å². The molecule has 0 bridgehead atoms. The quantitative estimate of drug-likeness (QED) is 0.570. The Morgan fingerprint density at radius 2 is 1.97 bits per heavy atom. The molecule has 12 heteroatoms. The molecule has 2 aliphatic rings. The average molecular weight is 470 g/mol. The minimum Gasteiger partial charge on any atom is -0.443 e. The zero-order chi connectivity index (χ0) is 23.2. The summed E-state index contributed by atoms with van der Waals surface area (Å²) >= 11 is 6.23. The van der Waals surface area contributed by atoms with Crippen LogP contribution >= 0.6 is 11.6 Å². The first-order chi connectivity index (χ1) is 15.1. The minimum absolute atomic E-state index is 0.115. The van der Waals surface area contributed by atoms with Crippen molar-refractivity contribution in [2.24, 2.45) is 0 Å². The van der Waals surface area contributed by atoms with Crippen molar-refractivity contribution >= 4 is 34.5 Å². The number of hydrogen-bond donors (Lipinski definition) is 3. The number of aromatic nitrogens is 4. The Morgan fingerprint density at radius 3 is 2.56 bits per heavy atom. The summed E-state index contributed by atoms with van der Waals surface area (Å²) in [5.41, 5.74) is -0.480. The summed E-state index contributed by atoms with van der Waals surface area (Å²) in [4.78, 5) is 23.3. The molecule has 1 saturated carbocycles. The van der Waals surface area contributed by atoms with Crippen molar-refractivity contribution in [2.75, 3.05) is 11.5 Å². The third-order valence-electron chi connectivity index (χ3n) is 5.67. The Kier molecular flexibility index (Phi) is 6.29. The molecule has 1 aliphatic carbocycles. The first-order valence-electron chi connectivity index (χ1n) is 10.7. The third kappa shape index (κ3) is 4.27. The number of fused-ring (bicyclic) bond motifs is 1. The highest BCUT2D eigenvalue weighted by Crippen LogP contribution is 2.36. The molecule has 1 amide bonds. The molecule has 3 heterocycles. The number of nitrogens with zero attached hydrogens (tertiary/aromatic N) is 5. The van der Waals surface area contributed by atoms with Gasteiger partial charge in [0.1, 0.15) is 23.9 Å². The minimum atomic E-state index is -1.34. The largest absolute Gasteiger partial charge is 0.443 e. The molecule has 1 unspecified atom stereocenters. The lowest BCUT2D eigenvalue weighted by atomic mass is 10.1. The molecule has 0 spiro atoms. The second-order valence-corrected chi connectivity index (χ2v) is 9.50.